The lowest BCUT2D eigenvalue weighted by molar-refractivity contribution is 0.656. The molecule has 0 spiro atoms. The fraction of sp³-hybridized carbons (Fsp3) is 0.500. The Kier molecular flexibility index (Phi) is 5.06. The van der Waals surface area contributed by atoms with Gasteiger partial charge in [0.05, 0.1) is 8.67 Å². The summed E-state index contributed by atoms with van der Waals surface area (Å²) in [4.78, 5) is 0. The molecule has 1 rings (SSSR count). The van der Waals surface area contributed by atoms with E-state index in [1.165, 1.54) is 11.3 Å². The average molecular weight is 239 g/mol. The maximum atomic E-state index is 5.93. The second-order valence-corrected chi connectivity index (χ2v) is 4.95. The SMILES string of the molecule is NCCCNCc1cc(Cl)sc1Cl. The molecule has 74 valence electrons. The van der Waals surface area contributed by atoms with Crippen LogP contribution >= 0.6 is 34.5 Å². The zero-order valence-electron chi connectivity index (χ0n) is 7.15. The van der Waals surface area contributed by atoms with Crippen molar-refractivity contribution in [1.82, 2.24) is 5.32 Å². The van der Waals surface area contributed by atoms with Gasteiger partial charge in [-0.2, -0.15) is 0 Å². The Morgan fingerprint density at radius 2 is 2.23 bits per heavy atom. The summed E-state index contributed by atoms with van der Waals surface area (Å²) in [5.41, 5.74) is 6.42. The lowest BCUT2D eigenvalue weighted by atomic mass is 10.3. The molecule has 0 amide bonds. The van der Waals surface area contributed by atoms with Crippen molar-refractivity contribution in [2.24, 2.45) is 5.73 Å². The highest BCUT2D eigenvalue weighted by molar-refractivity contribution is 7.20. The van der Waals surface area contributed by atoms with Crippen LogP contribution in [0.15, 0.2) is 6.07 Å². The molecule has 0 atom stereocenters. The minimum atomic E-state index is 0.713. The molecule has 0 aromatic carbocycles. The summed E-state index contributed by atoms with van der Waals surface area (Å²) in [6.45, 7) is 2.40. The van der Waals surface area contributed by atoms with E-state index in [4.69, 9.17) is 28.9 Å². The number of nitrogens with one attached hydrogen (secondary N) is 1. The van der Waals surface area contributed by atoms with Gasteiger partial charge in [0.15, 0.2) is 0 Å². The summed E-state index contributed by atoms with van der Waals surface area (Å²) in [6.07, 6.45) is 0.982. The molecular formula is C8H12Cl2N2S. The first-order chi connectivity index (χ1) is 6.24. The molecule has 0 aliphatic heterocycles. The van der Waals surface area contributed by atoms with Gasteiger partial charge in [-0.15, -0.1) is 11.3 Å². The predicted octanol–water partition coefficient (Wildman–Crippen LogP) is 2.49. The van der Waals surface area contributed by atoms with Gasteiger partial charge in [0.2, 0.25) is 0 Å². The van der Waals surface area contributed by atoms with Gasteiger partial charge in [-0.3, -0.25) is 0 Å². The van der Waals surface area contributed by atoms with Gasteiger partial charge in [0, 0.05) is 6.54 Å². The molecule has 0 aliphatic rings. The molecular weight excluding hydrogens is 227 g/mol. The zero-order valence-corrected chi connectivity index (χ0v) is 9.48. The molecule has 5 heteroatoms. The Labute approximate surface area is 92.0 Å². The third-order valence-electron chi connectivity index (χ3n) is 1.60. The lowest BCUT2D eigenvalue weighted by Crippen LogP contribution is -2.17. The monoisotopic (exact) mass is 238 g/mol. The van der Waals surface area contributed by atoms with E-state index >= 15 is 0 Å². The van der Waals surface area contributed by atoms with E-state index in [9.17, 15) is 0 Å². The summed E-state index contributed by atoms with van der Waals surface area (Å²) >= 11 is 13.1. The number of thiophene rings is 1. The minimum Gasteiger partial charge on any atom is -0.330 e. The van der Waals surface area contributed by atoms with Gasteiger partial charge in [-0.25, -0.2) is 0 Å². The fourth-order valence-electron chi connectivity index (χ4n) is 0.945. The Bertz CT molecular complexity index is 263. The maximum Gasteiger partial charge on any atom is 0.0989 e. The van der Waals surface area contributed by atoms with Gasteiger partial charge in [-0.1, -0.05) is 23.2 Å². The summed E-state index contributed by atoms with van der Waals surface area (Å²) in [5.74, 6) is 0. The molecule has 0 bridgehead atoms. The van der Waals surface area contributed by atoms with Crippen LogP contribution in [0.3, 0.4) is 0 Å². The number of rotatable bonds is 5. The largest absolute Gasteiger partial charge is 0.330 e. The molecule has 0 saturated heterocycles. The highest BCUT2D eigenvalue weighted by Gasteiger charge is 2.04. The second kappa shape index (κ2) is 5.83. The van der Waals surface area contributed by atoms with Crippen LogP contribution in [0.25, 0.3) is 0 Å². The van der Waals surface area contributed by atoms with E-state index in [-0.39, 0.29) is 0 Å². The summed E-state index contributed by atoms with van der Waals surface area (Å²) < 4.78 is 1.51. The Balaban J connectivity index is 2.32. The highest BCUT2D eigenvalue weighted by Crippen LogP contribution is 2.30. The molecule has 2 nitrogen and oxygen atoms in total. The van der Waals surface area contributed by atoms with Crippen molar-refractivity contribution in [2.45, 2.75) is 13.0 Å². The van der Waals surface area contributed by atoms with Crippen molar-refractivity contribution in [3.05, 3.63) is 20.3 Å². The molecule has 1 aromatic rings. The van der Waals surface area contributed by atoms with Gasteiger partial charge in [0.1, 0.15) is 0 Å². The second-order valence-electron chi connectivity index (χ2n) is 2.67. The third-order valence-corrected chi connectivity index (χ3v) is 3.17. The zero-order chi connectivity index (χ0) is 9.68. The van der Waals surface area contributed by atoms with Crippen molar-refractivity contribution in [3.8, 4) is 0 Å². The van der Waals surface area contributed by atoms with Crippen molar-refractivity contribution >= 4 is 34.5 Å². The van der Waals surface area contributed by atoms with Crippen LogP contribution in [0, 0.1) is 0 Å². The third kappa shape index (κ3) is 3.83. The van der Waals surface area contributed by atoms with Crippen LogP contribution < -0.4 is 11.1 Å². The first-order valence-electron chi connectivity index (χ1n) is 4.08. The van der Waals surface area contributed by atoms with Crippen LogP contribution in [0.1, 0.15) is 12.0 Å². The number of hydrogen-bond donors (Lipinski definition) is 2. The normalized spacial score (nSPS) is 10.7. The molecule has 13 heavy (non-hydrogen) atoms. The van der Waals surface area contributed by atoms with Crippen LogP contribution in [0.2, 0.25) is 8.67 Å². The van der Waals surface area contributed by atoms with E-state index < -0.39 is 0 Å². The first kappa shape index (κ1) is 11.3. The fourth-order valence-corrected chi connectivity index (χ4v) is 2.43. The van der Waals surface area contributed by atoms with Gasteiger partial charge >= 0.3 is 0 Å². The summed E-state index contributed by atoms with van der Waals surface area (Å²) in [6, 6.07) is 1.89. The van der Waals surface area contributed by atoms with Crippen molar-refractivity contribution in [2.75, 3.05) is 13.1 Å². The molecule has 0 fully saturated rings. The Morgan fingerprint density at radius 1 is 1.46 bits per heavy atom. The molecule has 0 saturated carbocycles. The standard InChI is InChI=1S/C8H12Cl2N2S/c9-7-4-6(8(10)13-7)5-12-3-1-2-11/h4,12H,1-3,5,11H2. The molecule has 1 heterocycles. The Hall–Kier alpha value is 0.200. The smallest absolute Gasteiger partial charge is 0.0989 e. The van der Waals surface area contributed by atoms with Crippen molar-refractivity contribution in [3.63, 3.8) is 0 Å². The number of nitrogens with two attached hydrogens (primary N) is 1. The van der Waals surface area contributed by atoms with Crippen LogP contribution in [-0.2, 0) is 6.54 Å². The van der Waals surface area contributed by atoms with Gasteiger partial charge < -0.3 is 11.1 Å². The number of hydrogen-bond acceptors (Lipinski definition) is 3. The predicted molar refractivity (Wildman–Crippen MR) is 59.7 cm³/mol. The van der Waals surface area contributed by atoms with Crippen LogP contribution in [0.5, 0.6) is 0 Å². The highest BCUT2D eigenvalue weighted by atomic mass is 35.5. The molecule has 0 radical (unpaired) electrons. The molecule has 3 N–H and O–H groups in total. The minimum absolute atomic E-state index is 0.713. The van der Waals surface area contributed by atoms with E-state index in [0.717, 1.165) is 33.7 Å². The molecule has 1 aromatic heterocycles. The first-order valence-corrected chi connectivity index (χ1v) is 5.65. The van der Waals surface area contributed by atoms with E-state index in [2.05, 4.69) is 5.32 Å². The van der Waals surface area contributed by atoms with Crippen LogP contribution in [-0.4, -0.2) is 13.1 Å². The quantitative estimate of drug-likeness (QED) is 0.775. The summed E-state index contributed by atoms with van der Waals surface area (Å²) in [5, 5.41) is 3.24. The average Bonchev–Trinajstić information content (AvgIpc) is 2.39. The lowest BCUT2D eigenvalue weighted by Gasteiger charge is -2.01. The summed E-state index contributed by atoms with van der Waals surface area (Å²) in [7, 11) is 0. The van der Waals surface area contributed by atoms with E-state index in [1.807, 2.05) is 6.07 Å². The van der Waals surface area contributed by atoms with E-state index in [1.54, 1.807) is 0 Å². The van der Waals surface area contributed by atoms with Crippen molar-refractivity contribution < 1.29 is 0 Å². The Morgan fingerprint density at radius 3 is 2.77 bits per heavy atom. The van der Waals surface area contributed by atoms with E-state index in [0.29, 0.717) is 6.54 Å². The van der Waals surface area contributed by atoms with Crippen molar-refractivity contribution in [1.29, 1.82) is 0 Å². The van der Waals surface area contributed by atoms with Gasteiger partial charge in [-0.05, 0) is 31.1 Å². The van der Waals surface area contributed by atoms with Gasteiger partial charge in [0.25, 0.3) is 0 Å². The molecule has 0 aliphatic carbocycles. The van der Waals surface area contributed by atoms with Crippen LogP contribution in [0.4, 0.5) is 0 Å². The number of halogens is 2. The topological polar surface area (TPSA) is 38.0 Å². The maximum absolute atomic E-state index is 5.93. The molecule has 0 unspecified atom stereocenters.